The van der Waals surface area contributed by atoms with Gasteiger partial charge in [0.25, 0.3) is 0 Å². The topological polar surface area (TPSA) is 75.6 Å². The van der Waals surface area contributed by atoms with Crippen LogP contribution in [0.5, 0.6) is 0 Å². The predicted molar refractivity (Wildman–Crippen MR) is 84.9 cm³/mol. The summed E-state index contributed by atoms with van der Waals surface area (Å²) < 4.78 is 6.20. The van der Waals surface area contributed by atoms with E-state index in [1.165, 1.54) is 0 Å². The van der Waals surface area contributed by atoms with Crippen LogP contribution in [0.2, 0.25) is 0 Å². The van der Waals surface area contributed by atoms with Gasteiger partial charge in [0.1, 0.15) is 0 Å². The Morgan fingerprint density at radius 2 is 2.33 bits per heavy atom. The van der Waals surface area contributed by atoms with E-state index in [1.54, 1.807) is 6.92 Å². The maximum Gasteiger partial charge on any atom is 0.339 e. The summed E-state index contributed by atoms with van der Waals surface area (Å²) in [6.45, 7) is 1.78. The van der Waals surface area contributed by atoms with Crippen LogP contribution >= 0.6 is 22.6 Å². The number of halogens is 1. The third-order valence-electron chi connectivity index (χ3n) is 5.25. The molecule has 1 aliphatic carbocycles. The average molecular weight is 405 g/mol. The number of carbonyl (C=O) groups is 2. The minimum Gasteiger partial charge on any atom is -0.453 e. The number of ether oxygens (including phenoxy) is 1. The van der Waals surface area contributed by atoms with Crippen LogP contribution < -0.4 is 5.32 Å². The molecule has 3 rings (SSSR count). The molecule has 1 amide bonds. The van der Waals surface area contributed by atoms with Crippen LogP contribution in [-0.2, 0) is 14.3 Å². The standard InChI is InChI=1S/C15H20INO4/c1-14-10(7-8-16)12(19)17-15(14,13(20)21-14)11(18)9-5-3-2-4-6-9/h3,5,9-11,18H,2,4,6-8H2,1H3,(H,17,19)/t9-,10+,11+,14+,15+/m1/s1. The minimum absolute atomic E-state index is 0.107. The van der Waals surface area contributed by atoms with E-state index in [1.807, 2.05) is 12.2 Å². The lowest BCUT2D eigenvalue weighted by molar-refractivity contribution is -0.238. The molecule has 0 radical (unpaired) electrons. The maximum absolute atomic E-state index is 12.3. The number of alkyl halides is 1. The summed E-state index contributed by atoms with van der Waals surface area (Å²) in [5, 5.41) is 13.6. The number of carbonyl (C=O) groups excluding carboxylic acids is 2. The smallest absolute Gasteiger partial charge is 0.339 e. The largest absolute Gasteiger partial charge is 0.453 e. The lowest BCUT2D eigenvalue weighted by Crippen LogP contribution is -2.80. The molecule has 0 aromatic carbocycles. The summed E-state index contributed by atoms with van der Waals surface area (Å²) in [4.78, 5) is 24.5. The molecule has 5 nitrogen and oxygen atoms in total. The van der Waals surface area contributed by atoms with Crippen molar-refractivity contribution in [3.63, 3.8) is 0 Å². The minimum atomic E-state index is -1.27. The zero-order chi connectivity index (χ0) is 15.3. The number of hydrogen-bond acceptors (Lipinski definition) is 4. The molecule has 0 spiro atoms. The normalized spacial score (nSPS) is 42.8. The van der Waals surface area contributed by atoms with Crippen molar-refractivity contribution in [3.8, 4) is 0 Å². The van der Waals surface area contributed by atoms with Gasteiger partial charge in [-0.1, -0.05) is 34.7 Å². The number of rotatable bonds is 4. The number of esters is 1. The highest BCUT2D eigenvalue weighted by Gasteiger charge is 2.79. The molecule has 0 aromatic rings. The van der Waals surface area contributed by atoms with Crippen LogP contribution in [0.4, 0.5) is 0 Å². The van der Waals surface area contributed by atoms with Crippen molar-refractivity contribution < 1.29 is 19.4 Å². The number of allylic oxidation sites excluding steroid dienone is 1. The van der Waals surface area contributed by atoms with Crippen molar-refractivity contribution in [2.24, 2.45) is 11.8 Å². The number of aliphatic hydroxyl groups is 1. The van der Waals surface area contributed by atoms with Crippen LogP contribution in [0.3, 0.4) is 0 Å². The van der Waals surface area contributed by atoms with Crippen molar-refractivity contribution in [1.29, 1.82) is 0 Å². The zero-order valence-electron chi connectivity index (χ0n) is 12.0. The van der Waals surface area contributed by atoms with E-state index in [4.69, 9.17) is 4.74 Å². The van der Waals surface area contributed by atoms with Gasteiger partial charge in [-0.25, -0.2) is 4.79 Å². The zero-order valence-corrected chi connectivity index (χ0v) is 14.1. The third kappa shape index (κ3) is 1.91. The highest BCUT2D eigenvalue weighted by atomic mass is 127. The molecule has 0 bridgehead atoms. The predicted octanol–water partition coefficient (Wildman–Crippen LogP) is 1.33. The first kappa shape index (κ1) is 15.3. The Kier molecular flexibility index (Phi) is 3.80. The number of nitrogens with one attached hydrogen (secondary N) is 1. The summed E-state index contributed by atoms with van der Waals surface area (Å²) in [6.07, 6.45) is 6.54. The molecule has 2 heterocycles. The number of hydrogen-bond donors (Lipinski definition) is 2. The van der Waals surface area contributed by atoms with E-state index < -0.39 is 23.2 Å². The summed E-state index contributed by atoms with van der Waals surface area (Å²) in [6, 6.07) is 0. The highest BCUT2D eigenvalue weighted by molar-refractivity contribution is 14.1. The van der Waals surface area contributed by atoms with E-state index >= 15 is 0 Å². The van der Waals surface area contributed by atoms with E-state index in [0.29, 0.717) is 6.42 Å². The lowest BCUT2D eigenvalue weighted by atomic mass is 9.64. The molecule has 0 aromatic heterocycles. The molecule has 5 atom stereocenters. The number of aliphatic hydroxyl groups excluding tert-OH is 1. The summed E-state index contributed by atoms with van der Waals surface area (Å²) in [5.74, 6) is -1.17. The fraction of sp³-hybridized carbons (Fsp3) is 0.733. The van der Waals surface area contributed by atoms with Crippen LogP contribution in [0.25, 0.3) is 0 Å². The lowest BCUT2D eigenvalue weighted by Gasteiger charge is -2.54. The first-order chi connectivity index (χ1) is 9.97. The average Bonchev–Trinajstić information content (AvgIpc) is 2.65. The van der Waals surface area contributed by atoms with Gasteiger partial charge >= 0.3 is 5.97 Å². The molecule has 21 heavy (non-hydrogen) atoms. The van der Waals surface area contributed by atoms with Crippen molar-refractivity contribution >= 4 is 34.5 Å². The summed E-state index contributed by atoms with van der Waals surface area (Å²) in [7, 11) is 0. The van der Waals surface area contributed by atoms with Crippen molar-refractivity contribution in [3.05, 3.63) is 12.2 Å². The molecule has 3 aliphatic rings. The molecule has 2 N–H and O–H groups in total. The Labute approximate surface area is 137 Å². The van der Waals surface area contributed by atoms with Gasteiger partial charge in [-0.3, -0.25) is 4.79 Å². The maximum atomic E-state index is 12.3. The highest BCUT2D eigenvalue weighted by Crippen LogP contribution is 2.53. The van der Waals surface area contributed by atoms with Crippen molar-refractivity contribution in [2.75, 3.05) is 4.43 Å². The van der Waals surface area contributed by atoms with E-state index in [2.05, 4.69) is 27.9 Å². The summed E-state index contributed by atoms with van der Waals surface area (Å²) in [5.41, 5.74) is -2.20. The quantitative estimate of drug-likeness (QED) is 0.320. The Balaban J connectivity index is 1.94. The third-order valence-corrected chi connectivity index (χ3v) is 5.87. The van der Waals surface area contributed by atoms with E-state index in [0.717, 1.165) is 23.7 Å². The van der Waals surface area contributed by atoms with Gasteiger partial charge in [0, 0.05) is 10.3 Å². The molecule has 0 saturated carbocycles. The van der Waals surface area contributed by atoms with Gasteiger partial charge in [-0.15, -0.1) is 0 Å². The molecule has 2 saturated heterocycles. The first-order valence-corrected chi connectivity index (χ1v) is 8.96. The van der Waals surface area contributed by atoms with Crippen molar-refractivity contribution in [2.45, 2.75) is 49.9 Å². The Hall–Kier alpha value is -0.630. The molecule has 6 heteroatoms. The summed E-state index contributed by atoms with van der Waals surface area (Å²) >= 11 is 2.21. The van der Waals surface area contributed by atoms with E-state index in [-0.39, 0.29) is 17.7 Å². The number of fused-ring (bicyclic) bond motifs is 1. The first-order valence-electron chi connectivity index (χ1n) is 7.43. The number of amides is 1. The van der Waals surface area contributed by atoms with Crippen LogP contribution in [0.15, 0.2) is 12.2 Å². The van der Waals surface area contributed by atoms with Crippen LogP contribution in [-0.4, -0.2) is 38.7 Å². The van der Waals surface area contributed by atoms with Crippen LogP contribution in [0, 0.1) is 11.8 Å². The Morgan fingerprint density at radius 1 is 1.57 bits per heavy atom. The molecule has 0 unspecified atom stereocenters. The van der Waals surface area contributed by atoms with Gasteiger partial charge in [-0.2, -0.15) is 0 Å². The van der Waals surface area contributed by atoms with Gasteiger partial charge in [0.2, 0.25) is 11.4 Å². The van der Waals surface area contributed by atoms with Gasteiger partial charge in [0.15, 0.2) is 5.60 Å². The molecule has 116 valence electrons. The van der Waals surface area contributed by atoms with Gasteiger partial charge in [0.05, 0.1) is 12.0 Å². The Bertz CT molecular complexity index is 508. The second-order valence-electron chi connectivity index (χ2n) is 6.29. The van der Waals surface area contributed by atoms with Crippen LogP contribution in [0.1, 0.15) is 32.6 Å². The monoisotopic (exact) mass is 405 g/mol. The van der Waals surface area contributed by atoms with E-state index in [9.17, 15) is 14.7 Å². The molecular formula is C15H20INO4. The fourth-order valence-corrected chi connectivity index (χ4v) is 4.61. The molecule has 2 aliphatic heterocycles. The van der Waals surface area contributed by atoms with Gasteiger partial charge < -0.3 is 15.2 Å². The molecule has 2 fully saturated rings. The Morgan fingerprint density at radius 3 is 2.90 bits per heavy atom. The molecular weight excluding hydrogens is 385 g/mol. The fourth-order valence-electron chi connectivity index (χ4n) is 3.99. The second kappa shape index (κ2) is 5.22. The second-order valence-corrected chi connectivity index (χ2v) is 7.37. The van der Waals surface area contributed by atoms with Gasteiger partial charge in [-0.05, 0) is 32.6 Å². The SMILES string of the molecule is C[C@@]12OC(=O)[C@]1([C@@H](O)[C@@H]1C=CCCC1)NC(=O)[C@@H]2CCI. The van der Waals surface area contributed by atoms with Crippen molar-refractivity contribution in [1.82, 2.24) is 5.32 Å².